The number of quaternary nitrogens is 1. The van der Waals surface area contributed by atoms with E-state index < -0.39 is 0 Å². The fraction of sp³-hybridized carbons (Fsp3) is 0.769. The molecule has 1 aliphatic rings. The highest BCUT2D eigenvalue weighted by atomic mass is 16.6. The maximum atomic E-state index is 10.9. The molecule has 0 N–H and O–H groups in total. The van der Waals surface area contributed by atoms with Gasteiger partial charge < -0.3 is 9.38 Å². The second-order valence-corrected chi connectivity index (χ2v) is 10.1. The molecule has 0 spiro atoms. The molecule has 1 fully saturated rings. The molecule has 0 aromatic heterocycles. The minimum absolute atomic E-state index is 0.169. The molecule has 5 heteroatoms. The zero-order chi connectivity index (χ0) is 22.5. The first-order chi connectivity index (χ1) is 14.9. The minimum atomic E-state index is -0.328. The van der Waals surface area contributed by atoms with Gasteiger partial charge in [0.25, 0.3) is 5.69 Å². The van der Waals surface area contributed by atoms with Crippen LogP contribution in [-0.4, -0.2) is 49.2 Å². The number of hydrogen-bond acceptors (Lipinski definition) is 3. The Hall–Kier alpha value is -1.62. The number of benzene rings is 1. The third-order valence-corrected chi connectivity index (χ3v) is 7.17. The summed E-state index contributed by atoms with van der Waals surface area (Å²) in [5.41, 5.74) is 1.28. The molecule has 1 aromatic rings. The monoisotopic (exact) mass is 432 g/mol. The predicted octanol–water partition coefficient (Wildman–Crippen LogP) is 6.95. The molecule has 0 bridgehead atoms. The van der Waals surface area contributed by atoms with Crippen molar-refractivity contribution in [3.05, 3.63) is 34.4 Å². The van der Waals surface area contributed by atoms with Crippen LogP contribution in [-0.2, 0) is 0 Å². The van der Waals surface area contributed by atoms with Gasteiger partial charge in [0.05, 0.1) is 32.1 Å². The van der Waals surface area contributed by atoms with Crippen molar-refractivity contribution in [1.29, 1.82) is 0 Å². The van der Waals surface area contributed by atoms with Crippen molar-refractivity contribution < 1.29 is 9.41 Å². The van der Waals surface area contributed by atoms with E-state index in [1.807, 2.05) is 12.1 Å². The first-order valence-electron chi connectivity index (χ1n) is 12.8. The zero-order valence-corrected chi connectivity index (χ0v) is 20.4. The Morgan fingerprint density at radius 2 is 1.42 bits per heavy atom. The van der Waals surface area contributed by atoms with Crippen LogP contribution in [0.1, 0.15) is 90.4 Å². The van der Waals surface area contributed by atoms with Crippen LogP contribution in [0.2, 0.25) is 0 Å². The second-order valence-electron chi connectivity index (χ2n) is 10.1. The van der Waals surface area contributed by atoms with E-state index in [9.17, 15) is 10.1 Å². The van der Waals surface area contributed by atoms with Gasteiger partial charge in [0.2, 0.25) is 0 Å². The summed E-state index contributed by atoms with van der Waals surface area (Å²) < 4.78 is 1.08. The molecule has 1 unspecified atom stereocenters. The Morgan fingerprint density at radius 1 is 0.903 bits per heavy atom. The van der Waals surface area contributed by atoms with Crippen LogP contribution in [0.25, 0.3) is 0 Å². The van der Waals surface area contributed by atoms with Gasteiger partial charge in [-0.3, -0.25) is 10.1 Å². The van der Waals surface area contributed by atoms with Crippen LogP contribution in [0.15, 0.2) is 24.3 Å². The van der Waals surface area contributed by atoms with Crippen LogP contribution >= 0.6 is 0 Å². The number of rotatable bonds is 16. The summed E-state index contributed by atoms with van der Waals surface area (Å²) in [7, 11) is 4.76. The van der Waals surface area contributed by atoms with E-state index in [1.54, 1.807) is 12.1 Å². The Kier molecular flexibility index (Phi) is 11.3. The van der Waals surface area contributed by atoms with Crippen molar-refractivity contribution in [3.63, 3.8) is 0 Å². The first-order valence-corrected chi connectivity index (χ1v) is 12.8. The standard InChI is InChI=1S/C26H46N3O2/c1-4-5-6-7-8-9-10-11-12-13-14-15-22-29(2,3)26-20-21-27(23-26)24-16-18-25(19-17-24)28(30)31/h16-19,26H,4-15,20-23H2,1-3H3/q+1. The molecule has 1 atom stereocenters. The molecule has 176 valence electrons. The van der Waals surface area contributed by atoms with E-state index in [-0.39, 0.29) is 10.6 Å². The lowest BCUT2D eigenvalue weighted by Crippen LogP contribution is -2.50. The maximum Gasteiger partial charge on any atom is 0.269 e. The first kappa shape index (κ1) is 25.6. The predicted molar refractivity (Wildman–Crippen MR) is 132 cm³/mol. The van der Waals surface area contributed by atoms with Gasteiger partial charge in [0.15, 0.2) is 0 Å². The number of non-ortho nitro benzene ring substituents is 1. The molecule has 1 aliphatic heterocycles. The number of nitro benzene ring substituents is 1. The molecule has 31 heavy (non-hydrogen) atoms. The normalized spacial score (nSPS) is 16.7. The molecule has 5 nitrogen and oxygen atoms in total. The highest BCUT2D eigenvalue weighted by molar-refractivity contribution is 5.51. The van der Waals surface area contributed by atoms with Crippen LogP contribution in [0.5, 0.6) is 0 Å². The molecular formula is C26H46N3O2+. The van der Waals surface area contributed by atoms with Gasteiger partial charge in [0, 0.05) is 30.8 Å². The SMILES string of the molecule is CCCCCCCCCCCCCC[N+](C)(C)C1CCN(c2ccc([N+](=O)[O-])cc2)C1. The summed E-state index contributed by atoms with van der Waals surface area (Å²) in [6.45, 7) is 5.62. The Labute approximate surface area is 190 Å². The lowest BCUT2D eigenvalue weighted by atomic mass is 10.0. The number of hydrogen-bond donors (Lipinski definition) is 0. The van der Waals surface area contributed by atoms with Crippen molar-refractivity contribution in [2.45, 2.75) is 96.4 Å². The Bertz CT molecular complexity index is 630. The van der Waals surface area contributed by atoms with Crippen LogP contribution in [0.4, 0.5) is 11.4 Å². The Morgan fingerprint density at radius 3 is 1.94 bits per heavy atom. The van der Waals surface area contributed by atoms with Crippen molar-refractivity contribution >= 4 is 11.4 Å². The van der Waals surface area contributed by atoms with Crippen molar-refractivity contribution in [1.82, 2.24) is 0 Å². The summed E-state index contributed by atoms with van der Waals surface area (Å²) in [6, 6.07) is 7.67. The molecule has 1 aromatic carbocycles. The van der Waals surface area contributed by atoms with E-state index in [0.717, 1.165) is 23.3 Å². The van der Waals surface area contributed by atoms with E-state index in [2.05, 4.69) is 25.9 Å². The van der Waals surface area contributed by atoms with Gasteiger partial charge in [-0.15, -0.1) is 0 Å². The number of nitrogens with zero attached hydrogens (tertiary/aromatic N) is 3. The highest BCUT2D eigenvalue weighted by Gasteiger charge is 2.34. The summed E-state index contributed by atoms with van der Waals surface area (Å²) >= 11 is 0. The van der Waals surface area contributed by atoms with Gasteiger partial charge in [-0.1, -0.05) is 71.1 Å². The fourth-order valence-electron chi connectivity index (χ4n) is 4.87. The lowest BCUT2D eigenvalue weighted by molar-refractivity contribution is -0.912. The van der Waals surface area contributed by atoms with Crippen LogP contribution < -0.4 is 4.90 Å². The van der Waals surface area contributed by atoms with Crippen LogP contribution in [0, 0.1) is 10.1 Å². The fourth-order valence-corrected chi connectivity index (χ4v) is 4.87. The number of nitro groups is 1. The lowest BCUT2D eigenvalue weighted by Gasteiger charge is -2.36. The summed E-state index contributed by atoms with van der Waals surface area (Å²) in [5, 5.41) is 10.9. The van der Waals surface area contributed by atoms with Crippen molar-refractivity contribution in [2.24, 2.45) is 0 Å². The van der Waals surface area contributed by atoms with Crippen molar-refractivity contribution in [3.8, 4) is 0 Å². The largest absolute Gasteiger partial charge is 0.365 e. The smallest absolute Gasteiger partial charge is 0.269 e. The molecule has 1 heterocycles. The van der Waals surface area contributed by atoms with Gasteiger partial charge in [-0.05, 0) is 25.0 Å². The average molecular weight is 433 g/mol. The molecule has 1 saturated heterocycles. The summed E-state index contributed by atoms with van der Waals surface area (Å²) in [5.74, 6) is 0. The van der Waals surface area contributed by atoms with E-state index in [4.69, 9.17) is 0 Å². The van der Waals surface area contributed by atoms with E-state index >= 15 is 0 Å². The van der Waals surface area contributed by atoms with Crippen LogP contribution in [0.3, 0.4) is 0 Å². The zero-order valence-electron chi connectivity index (χ0n) is 20.4. The van der Waals surface area contributed by atoms with Gasteiger partial charge in [-0.2, -0.15) is 0 Å². The molecular weight excluding hydrogens is 386 g/mol. The number of likely N-dealkylation sites (N-methyl/N-ethyl adjacent to an activating group) is 1. The number of anilines is 1. The quantitative estimate of drug-likeness (QED) is 0.123. The van der Waals surface area contributed by atoms with Gasteiger partial charge in [0.1, 0.15) is 6.04 Å². The summed E-state index contributed by atoms with van der Waals surface area (Å²) in [6.07, 6.45) is 18.0. The number of unbranched alkanes of at least 4 members (excludes halogenated alkanes) is 11. The molecule has 2 rings (SSSR count). The highest BCUT2D eigenvalue weighted by Crippen LogP contribution is 2.27. The molecule has 0 aliphatic carbocycles. The van der Waals surface area contributed by atoms with E-state index in [0.29, 0.717) is 6.04 Å². The van der Waals surface area contributed by atoms with Gasteiger partial charge >= 0.3 is 0 Å². The molecule has 0 amide bonds. The average Bonchev–Trinajstić information content (AvgIpc) is 3.26. The topological polar surface area (TPSA) is 46.4 Å². The molecule has 0 saturated carbocycles. The molecule has 0 radical (unpaired) electrons. The summed E-state index contributed by atoms with van der Waals surface area (Å²) in [4.78, 5) is 12.9. The van der Waals surface area contributed by atoms with Crippen molar-refractivity contribution in [2.75, 3.05) is 38.6 Å². The Balaban J connectivity index is 1.57. The third-order valence-electron chi connectivity index (χ3n) is 7.17. The van der Waals surface area contributed by atoms with E-state index in [1.165, 1.54) is 90.0 Å². The van der Waals surface area contributed by atoms with Gasteiger partial charge in [-0.25, -0.2) is 0 Å². The maximum absolute atomic E-state index is 10.9. The minimum Gasteiger partial charge on any atom is -0.365 e. The third kappa shape index (κ3) is 9.18. The second kappa shape index (κ2) is 13.7.